The van der Waals surface area contributed by atoms with Crippen LogP contribution in [0.4, 0.5) is 0 Å². The first-order chi connectivity index (χ1) is 17.2. The van der Waals surface area contributed by atoms with Crippen LogP contribution in [-0.4, -0.2) is 18.2 Å². The normalized spacial score (nSPS) is 22.9. The second-order valence-corrected chi connectivity index (χ2v) is 9.71. The van der Waals surface area contributed by atoms with E-state index in [1.165, 1.54) is 0 Å². The minimum Gasteiger partial charge on any atom is -0.489 e. The highest BCUT2D eigenvalue weighted by molar-refractivity contribution is 6.22. The molecule has 0 fully saturated rings. The zero-order valence-corrected chi connectivity index (χ0v) is 22.5. The van der Waals surface area contributed by atoms with Crippen molar-refractivity contribution in [2.75, 3.05) is 0 Å². The molecular formula is C33H38O3. The number of aldehydes is 1. The minimum atomic E-state index is -0.992. The summed E-state index contributed by atoms with van der Waals surface area (Å²) in [7, 11) is 0. The molecule has 0 saturated heterocycles. The Morgan fingerprint density at radius 2 is 1.17 bits per heavy atom. The van der Waals surface area contributed by atoms with Crippen LogP contribution in [0.2, 0.25) is 0 Å². The summed E-state index contributed by atoms with van der Waals surface area (Å²) >= 11 is 0. The summed E-state index contributed by atoms with van der Waals surface area (Å²) in [5.41, 5.74) is 2.95. The molecule has 1 aliphatic carbocycles. The first-order valence-corrected chi connectivity index (χ1v) is 12.8. The molecule has 0 bridgehead atoms. The number of carbonyl (C=O) groups is 2. The lowest BCUT2D eigenvalue weighted by atomic mass is 9.67. The number of ketones is 1. The summed E-state index contributed by atoms with van der Waals surface area (Å²) in [6.07, 6.45) is 0.443. The summed E-state index contributed by atoms with van der Waals surface area (Å²) in [6, 6.07) is 27.9. The van der Waals surface area contributed by atoms with Crippen molar-refractivity contribution in [1.82, 2.24) is 0 Å². The second kappa shape index (κ2) is 11.1. The summed E-state index contributed by atoms with van der Waals surface area (Å²) in [4.78, 5) is 26.7. The van der Waals surface area contributed by atoms with Crippen LogP contribution in [0.15, 0.2) is 84.9 Å². The van der Waals surface area contributed by atoms with Crippen molar-refractivity contribution < 1.29 is 14.3 Å². The topological polar surface area (TPSA) is 43.4 Å². The standard InChI is InChI=1S/C31H32O3.C2H6/c1-21-16-18-26(19-17-21)34-23(3)31(5)28(25-14-10-7-11-15-25)27(24-12-8-6-9-13-24)30(4,29(31)33)22(2)20-32;1-2/h6-20,22-23H,1-5H3;1-2H3. The van der Waals surface area contributed by atoms with Crippen LogP contribution >= 0.6 is 0 Å². The van der Waals surface area contributed by atoms with Gasteiger partial charge in [0.05, 0.1) is 10.8 Å². The maximum atomic E-state index is 14.5. The summed E-state index contributed by atoms with van der Waals surface area (Å²) in [5.74, 6) is 0.233. The van der Waals surface area contributed by atoms with Gasteiger partial charge in [0.15, 0.2) is 5.78 Å². The highest BCUT2D eigenvalue weighted by Gasteiger charge is 2.62. The van der Waals surface area contributed by atoms with Gasteiger partial charge in [-0.3, -0.25) is 4.79 Å². The molecule has 3 heteroatoms. The fraction of sp³-hybridized carbons (Fsp3) is 0.333. The van der Waals surface area contributed by atoms with Crippen molar-refractivity contribution >= 4 is 23.2 Å². The van der Waals surface area contributed by atoms with Crippen LogP contribution in [-0.2, 0) is 9.59 Å². The molecule has 1 aliphatic rings. The van der Waals surface area contributed by atoms with Gasteiger partial charge in [0.25, 0.3) is 0 Å². The highest BCUT2D eigenvalue weighted by Crippen LogP contribution is 2.61. The third kappa shape index (κ3) is 4.55. The van der Waals surface area contributed by atoms with E-state index in [4.69, 9.17) is 4.74 Å². The van der Waals surface area contributed by atoms with E-state index in [0.29, 0.717) is 0 Å². The van der Waals surface area contributed by atoms with Crippen molar-refractivity contribution in [3.8, 4) is 5.75 Å². The molecular weight excluding hydrogens is 444 g/mol. The van der Waals surface area contributed by atoms with Crippen LogP contribution in [0.5, 0.6) is 5.75 Å². The molecule has 0 spiro atoms. The smallest absolute Gasteiger partial charge is 0.157 e. The largest absolute Gasteiger partial charge is 0.489 e. The molecule has 4 unspecified atom stereocenters. The number of rotatable bonds is 7. The Hall–Kier alpha value is -3.46. The fourth-order valence-electron chi connectivity index (χ4n) is 5.28. The van der Waals surface area contributed by atoms with E-state index in [2.05, 4.69) is 0 Å². The van der Waals surface area contributed by atoms with Gasteiger partial charge in [0.2, 0.25) is 0 Å². The first kappa shape index (κ1) is 27.1. The van der Waals surface area contributed by atoms with Gasteiger partial charge in [0, 0.05) is 5.92 Å². The van der Waals surface area contributed by atoms with Crippen LogP contribution in [0.3, 0.4) is 0 Å². The Balaban J connectivity index is 0.00000176. The Bertz CT molecular complexity index is 1210. The lowest BCUT2D eigenvalue weighted by molar-refractivity contribution is -0.137. The Kier molecular flexibility index (Phi) is 8.35. The summed E-state index contributed by atoms with van der Waals surface area (Å²) < 4.78 is 6.43. The molecule has 0 radical (unpaired) electrons. The maximum Gasteiger partial charge on any atom is 0.157 e. The quantitative estimate of drug-likeness (QED) is 0.322. The molecule has 0 heterocycles. The van der Waals surface area contributed by atoms with E-state index < -0.39 is 22.9 Å². The van der Waals surface area contributed by atoms with Gasteiger partial charge < -0.3 is 9.53 Å². The summed E-state index contributed by atoms with van der Waals surface area (Å²) in [6.45, 7) is 13.7. The van der Waals surface area contributed by atoms with Crippen LogP contribution in [0.25, 0.3) is 11.1 Å². The van der Waals surface area contributed by atoms with Gasteiger partial charge in [-0.25, -0.2) is 0 Å². The lowest BCUT2D eigenvalue weighted by Gasteiger charge is -2.36. The van der Waals surface area contributed by atoms with Crippen molar-refractivity contribution in [3.05, 3.63) is 102 Å². The molecule has 0 amide bonds. The number of aryl methyl sites for hydroxylation is 1. The van der Waals surface area contributed by atoms with E-state index in [1.807, 2.05) is 133 Å². The zero-order chi connectivity index (χ0) is 26.5. The fourth-order valence-corrected chi connectivity index (χ4v) is 5.28. The molecule has 36 heavy (non-hydrogen) atoms. The lowest BCUT2D eigenvalue weighted by Crippen LogP contribution is -2.46. The molecule has 0 aromatic heterocycles. The van der Waals surface area contributed by atoms with Gasteiger partial charge in [-0.15, -0.1) is 0 Å². The maximum absolute atomic E-state index is 14.5. The van der Waals surface area contributed by atoms with Gasteiger partial charge in [0.1, 0.15) is 18.1 Å². The SMILES string of the molecule is CC.Cc1ccc(OC(C)C2(C)C(=O)C(C)(C(C)C=O)C(c3ccccc3)=C2c2ccccc2)cc1. The van der Waals surface area contributed by atoms with Crippen molar-refractivity contribution in [3.63, 3.8) is 0 Å². The predicted octanol–water partition coefficient (Wildman–Crippen LogP) is 7.83. The average molecular weight is 483 g/mol. The monoisotopic (exact) mass is 482 g/mol. The van der Waals surface area contributed by atoms with E-state index in [1.54, 1.807) is 0 Å². The Morgan fingerprint density at radius 1 is 0.722 bits per heavy atom. The third-order valence-electron chi connectivity index (χ3n) is 7.62. The number of carbonyl (C=O) groups excluding carboxylic acids is 2. The number of benzene rings is 3. The second-order valence-electron chi connectivity index (χ2n) is 9.71. The molecule has 3 aromatic rings. The number of Topliss-reactive ketones (excluding diaryl/α,β-unsaturated/α-hetero) is 1. The molecule has 4 atom stereocenters. The van der Waals surface area contributed by atoms with Gasteiger partial charge in [-0.05, 0) is 62.1 Å². The van der Waals surface area contributed by atoms with Crippen LogP contribution in [0.1, 0.15) is 58.2 Å². The molecule has 0 aliphatic heterocycles. The zero-order valence-electron chi connectivity index (χ0n) is 22.5. The Labute approximate surface area is 216 Å². The van der Waals surface area contributed by atoms with Gasteiger partial charge in [-0.2, -0.15) is 0 Å². The van der Waals surface area contributed by atoms with E-state index in [9.17, 15) is 9.59 Å². The average Bonchev–Trinajstić information content (AvgIpc) is 3.11. The third-order valence-corrected chi connectivity index (χ3v) is 7.62. The number of hydrogen-bond donors (Lipinski definition) is 0. The van der Waals surface area contributed by atoms with Gasteiger partial charge in [-0.1, -0.05) is 99.1 Å². The number of ether oxygens (including phenoxy) is 1. The highest BCUT2D eigenvalue weighted by atomic mass is 16.5. The molecule has 4 rings (SSSR count). The Morgan fingerprint density at radius 3 is 1.61 bits per heavy atom. The van der Waals surface area contributed by atoms with Crippen molar-refractivity contribution in [2.24, 2.45) is 16.7 Å². The molecule has 0 N–H and O–H groups in total. The molecule has 0 saturated carbocycles. The van der Waals surface area contributed by atoms with Crippen LogP contribution in [0, 0.1) is 23.7 Å². The first-order valence-electron chi connectivity index (χ1n) is 12.8. The van der Waals surface area contributed by atoms with E-state index >= 15 is 0 Å². The predicted molar refractivity (Wildman–Crippen MR) is 149 cm³/mol. The van der Waals surface area contributed by atoms with E-state index in [-0.39, 0.29) is 5.78 Å². The number of hydrogen-bond acceptors (Lipinski definition) is 3. The minimum absolute atomic E-state index is 0.0110. The van der Waals surface area contributed by atoms with Crippen molar-refractivity contribution in [2.45, 2.75) is 54.6 Å². The number of allylic oxidation sites excluding steroid dienone is 1. The molecule has 188 valence electrons. The van der Waals surface area contributed by atoms with Gasteiger partial charge >= 0.3 is 0 Å². The van der Waals surface area contributed by atoms with E-state index in [0.717, 1.165) is 39.9 Å². The van der Waals surface area contributed by atoms with Crippen molar-refractivity contribution in [1.29, 1.82) is 0 Å². The molecule has 3 aromatic carbocycles. The summed E-state index contributed by atoms with van der Waals surface area (Å²) in [5, 5.41) is 0. The van der Waals surface area contributed by atoms with Crippen LogP contribution < -0.4 is 4.74 Å². The molecule has 3 nitrogen and oxygen atoms in total.